The average molecular weight is 469 g/mol. The van der Waals surface area contributed by atoms with Crippen LogP contribution in [0.15, 0.2) is 73.1 Å². The van der Waals surface area contributed by atoms with Gasteiger partial charge >= 0.3 is 6.03 Å². The number of benzene rings is 2. The van der Waals surface area contributed by atoms with Gasteiger partial charge in [0.05, 0.1) is 0 Å². The minimum Gasteiger partial charge on any atom is -0.324 e. The van der Waals surface area contributed by atoms with Crippen molar-refractivity contribution in [2.24, 2.45) is 0 Å². The molecule has 3 aliphatic rings. The van der Waals surface area contributed by atoms with Crippen LogP contribution in [0.3, 0.4) is 0 Å². The molecule has 180 valence electrons. The molecule has 2 aliphatic heterocycles. The van der Waals surface area contributed by atoms with Crippen LogP contribution in [0.2, 0.25) is 0 Å². The molecule has 2 aromatic carbocycles. The molecule has 6 rings (SSSR count). The maximum Gasteiger partial charge on any atom is 0.327 e. The van der Waals surface area contributed by atoms with Crippen LogP contribution in [-0.4, -0.2) is 62.4 Å². The average Bonchev–Trinajstić information content (AvgIpc) is 3.60. The second kappa shape index (κ2) is 8.68. The fourth-order valence-corrected chi connectivity index (χ4v) is 6.32. The van der Waals surface area contributed by atoms with Gasteiger partial charge in [-0.05, 0) is 73.6 Å². The van der Waals surface area contributed by atoms with Crippen LogP contribution in [0.5, 0.6) is 0 Å². The van der Waals surface area contributed by atoms with E-state index in [0.29, 0.717) is 19.4 Å². The Kier molecular flexibility index (Phi) is 5.49. The number of hydrogen-bond donors (Lipinski definition) is 0. The van der Waals surface area contributed by atoms with E-state index in [4.69, 9.17) is 0 Å². The number of imide groups is 1. The van der Waals surface area contributed by atoms with E-state index in [1.165, 1.54) is 16.7 Å². The molecule has 0 radical (unpaired) electrons. The quantitative estimate of drug-likeness (QED) is 0.526. The molecule has 3 heterocycles. The summed E-state index contributed by atoms with van der Waals surface area (Å²) in [4.78, 5) is 33.2. The predicted octanol–water partition coefficient (Wildman–Crippen LogP) is 4.26. The first-order valence-electron chi connectivity index (χ1n) is 12.8. The molecule has 0 N–H and O–H groups in total. The molecule has 1 aromatic heterocycles. The lowest BCUT2D eigenvalue weighted by atomic mass is 9.85. The summed E-state index contributed by atoms with van der Waals surface area (Å²) >= 11 is 0. The van der Waals surface area contributed by atoms with Crippen molar-refractivity contribution in [2.45, 2.75) is 50.7 Å². The van der Waals surface area contributed by atoms with Gasteiger partial charge in [-0.2, -0.15) is 0 Å². The Labute approximate surface area is 206 Å². The van der Waals surface area contributed by atoms with Gasteiger partial charge in [0.15, 0.2) is 0 Å². The number of hydrogen-bond acceptors (Lipinski definition) is 3. The van der Waals surface area contributed by atoms with Crippen molar-refractivity contribution in [3.05, 3.63) is 89.7 Å². The molecule has 2 saturated heterocycles. The van der Waals surface area contributed by atoms with Crippen molar-refractivity contribution in [3.8, 4) is 5.69 Å². The molecule has 6 heteroatoms. The van der Waals surface area contributed by atoms with Gasteiger partial charge in [-0.25, -0.2) is 4.79 Å². The van der Waals surface area contributed by atoms with E-state index in [0.717, 1.165) is 38.2 Å². The number of nitrogens with zero attached hydrogens (tertiary/aromatic N) is 4. The van der Waals surface area contributed by atoms with E-state index in [2.05, 4.69) is 45.9 Å². The zero-order valence-corrected chi connectivity index (χ0v) is 20.3. The monoisotopic (exact) mass is 468 g/mol. The third-order valence-corrected chi connectivity index (χ3v) is 8.21. The van der Waals surface area contributed by atoms with Crippen molar-refractivity contribution >= 4 is 11.9 Å². The van der Waals surface area contributed by atoms with Crippen LogP contribution >= 0.6 is 0 Å². The molecular formula is C29H32N4O2. The highest BCUT2D eigenvalue weighted by atomic mass is 16.2. The molecule has 1 aliphatic carbocycles. The van der Waals surface area contributed by atoms with Crippen molar-refractivity contribution in [1.82, 2.24) is 19.3 Å². The van der Waals surface area contributed by atoms with Gasteiger partial charge < -0.3 is 9.47 Å². The number of rotatable bonds is 5. The smallest absolute Gasteiger partial charge is 0.324 e. The van der Waals surface area contributed by atoms with Crippen LogP contribution in [-0.2, 0) is 24.2 Å². The maximum atomic E-state index is 13.9. The standard InChI is InChI=1S/C29H32N4O2/c1-2-32-28(35)33(26-19-23-7-3-4-8-24(23)20-26)27(34)29(32)13-17-30(18-14-29)21-22-9-11-25(12-10-22)31-15-5-6-16-31/h3-12,15-16,26H,2,13-14,17-21H2,1H3. The Morgan fingerprint density at radius 1 is 0.857 bits per heavy atom. The second-order valence-electron chi connectivity index (χ2n) is 10.1. The number of piperidine rings is 1. The third-order valence-electron chi connectivity index (χ3n) is 8.21. The van der Waals surface area contributed by atoms with Gasteiger partial charge in [-0.1, -0.05) is 36.4 Å². The van der Waals surface area contributed by atoms with Crippen molar-refractivity contribution in [3.63, 3.8) is 0 Å². The largest absolute Gasteiger partial charge is 0.327 e. The van der Waals surface area contributed by atoms with E-state index in [1.807, 2.05) is 48.5 Å². The van der Waals surface area contributed by atoms with Crippen LogP contribution in [0.4, 0.5) is 4.79 Å². The molecule has 2 fully saturated rings. The van der Waals surface area contributed by atoms with Crippen molar-refractivity contribution in [1.29, 1.82) is 0 Å². The molecule has 3 amide bonds. The van der Waals surface area contributed by atoms with Crippen molar-refractivity contribution in [2.75, 3.05) is 19.6 Å². The van der Waals surface area contributed by atoms with Crippen LogP contribution in [0.1, 0.15) is 36.5 Å². The summed E-state index contributed by atoms with van der Waals surface area (Å²) in [5.41, 5.74) is 4.26. The Balaban J connectivity index is 1.14. The normalized spacial score (nSPS) is 20.3. The summed E-state index contributed by atoms with van der Waals surface area (Å²) in [5, 5.41) is 0. The summed E-state index contributed by atoms with van der Waals surface area (Å²) in [6.45, 7) is 5.05. The van der Waals surface area contributed by atoms with Crippen molar-refractivity contribution < 1.29 is 9.59 Å². The number of fused-ring (bicyclic) bond motifs is 1. The van der Waals surface area contributed by atoms with E-state index in [-0.39, 0.29) is 18.0 Å². The topological polar surface area (TPSA) is 48.8 Å². The summed E-state index contributed by atoms with van der Waals surface area (Å²) in [7, 11) is 0. The Morgan fingerprint density at radius 3 is 2.09 bits per heavy atom. The fourth-order valence-electron chi connectivity index (χ4n) is 6.32. The minimum atomic E-state index is -0.685. The van der Waals surface area contributed by atoms with Gasteiger partial charge in [-0.3, -0.25) is 14.6 Å². The maximum absolute atomic E-state index is 13.9. The van der Waals surface area contributed by atoms with Crippen LogP contribution in [0, 0.1) is 0 Å². The number of likely N-dealkylation sites (N-methyl/N-ethyl adjacent to an activating group) is 1. The zero-order valence-electron chi connectivity index (χ0n) is 20.3. The minimum absolute atomic E-state index is 0.0258. The number of carbonyl (C=O) groups is 2. The van der Waals surface area contributed by atoms with Gasteiger partial charge in [-0.15, -0.1) is 0 Å². The highest BCUT2D eigenvalue weighted by Crippen LogP contribution is 2.40. The van der Waals surface area contributed by atoms with Gasteiger partial charge in [0, 0.05) is 50.3 Å². The van der Waals surface area contributed by atoms with E-state index < -0.39 is 5.54 Å². The lowest BCUT2D eigenvalue weighted by Crippen LogP contribution is -2.56. The summed E-state index contributed by atoms with van der Waals surface area (Å²) in [6, 6.07) is 20.9. The van der Waals surface area contributed by atoms with Gasteiger partial charge in [0.1, 0.15) is 5.54 Å². The Bertz CT molecular complexity index is 1200. The lowest BCUT2D eigenvalue weighted by Gasteiger charge is -2.42. The Hall–Kier alpha value is -3.38. The number of amides is 3. The zero-order chi connectivity index (χ0) is 24.0. The highest BCUT2D eigenvalue weighted by molar-refractivity contribution is 6.07. The molecule has 0 saturated carbocycles. The summed E-state index contributed by atoms with van der Waals surface area (Å²) in [5.74, 6) is 0.0258. The third kappa shape index (κ3) is 3.67. The second-order valence-corrected chi connectivity index (χ2v) is 10.1. The number of likely N-dealkylation sites (tertiary alicyclic amines) is 1. The summed E-state index contributed by atoms with van der Waals surface area (Å²) < 4.78 is 2.10. The summed E-state index contributed by atoms with van der Waals surface area (Å²) in [6.07, 6.45) is 7.03. The molecule has 0 atom stereocenters. The molecule has 6 nitrogen and oxygen atoms in total. The molecule has 1 spiro atoms. The number of carbonyl (C=O) groups excluding carboxylic acids is 2. The van der Waals surface area contributed by atoms with Gasteiger partial charge in [0.2, 0.25) is 0 Å². The Morgan fingerprint density at radius 2 is 1.49 bits per heavy atom. The first-order valence-corrected chi connectivity index (χ1v) is 12.8. The molecular weight excluding hydrogens is 436 g/mol. The van der Waals surface area contributed by atoms with Crippen LogP contribution in [0.25, 0.3) is 5.69 Å². The molecule has 35 heavy (non-hydrogen) atoms. The first-order chi connectivity index (χ1) is 17.1. The SMILES string of the molecule is CCN1C(=O)N(C2Cc3ccccc3C2)C(=O)C12CCN(Cc1ccc(-n3cccc3)cc1)CC2. The molecule has 3 aromatic rings. The number of aromatic nitrogens is 1. The van der Waals surface area contributed by atoms with Crippen LogP contribution < -0.4 is 0 Å². The molecule has 0 unspecified atom stereocenters. The van der Waals surface area contributed by atoms with E-state index >= 15 is 0 Å². The first kappa shape index (κ1) is 22.1. The van der Waals surface area contributed by atoms with E-state index in [1.54, 1.807) is 4.90 Å². The lowest BCUT2D eigenvalue weighted by molar-refractivity contribution is -0.137. The highest BCUT2D eigenvalue weighted by Gasteiger charge is 2.59. The predicted molar refractivity (Wildman–Crippen MR) is 135 cm³/mol. The van der Waals surface area contributed by atoms with E-state index in [9.17, 15) is 9.59 Å². The fraction of sp³-hybridized carbons (Fsp3) is 0.379. The molecule has 0 bridgehead atoms. The van der Waals surface area contributed by atoms with Gasteiger partial charge in [0.25, 0.3) is 5.91 Å². The number of urea groups is 1.